The fraction of sp³-hybridized carbons (Fsp3) is 0.409. The Balaban J connectivity index is 0.000000341. The molecule has 2 atom stereocenters. The molecule has 2 heterocycles. The molecular formula is C44H58Br2N6O7. The quantitative estimate of drug-likeness (QED) is 0.0991. The maximum absolute atomic E-state index is 12.9. The summed E-state index contributed by atoms with van der Waals surface area (Å²) in [7, 11) is 0. The van der Waals surface area contributed by atoms with Crippen LogP contribution in [0, 0.1) is 41.5 Å². The number of nitrogens with one attached hydrogen (secondary N) is 3. The van der Waals surface area contributed by atoms with Crippen molar-refractivity contribution < 1.29 is 24.3 Å². The van der Waals surface area contributed by atoms with Crippen molar-refractivity contribution in [1.82, 2.24) is 15.3 Å². The lowest BCUT2D eigenvalue weighted by molar-refractivity contribution is -0.117. The Kier molecular flexibility index (Phi) is 19.2. The largest absolute Gasteiger partial charge is 0.478 e. The second-order valence-corrected chi connectivity index (χ2v) is 16.4. The number of anilines is 2. The number of benzene rings is 2. The molecule has 4 aromatic rings. The van der Waals surface area contributed by atoms with Gasteiger partial charge in [0.25, 0.3) is 17.0 Å². The molecule has 0 radical (unpaired) electrons. The van der Waals surface area contributed by atoms with E-state index in [0.717, 1.165) is 40.9 Å². The van der Waals surface area contributed by atoms with Gasteiger partial charge in [-0.3, -0.25) is 24.0 Å². The molecule has 0 fully saturated rings. The van der Waals surface area contributed by atoms with Gasteiger partial charge in [-0.2, -0.15) is 0 Å². The van der Waals surface area contributed by atoms with Crippen LogP contribution in [0.3, 0.4) is 0 Å². The molecule has 0 saturated heterocycles. The number of aromatic carboxylic acids is 1. The number of nitrogens with two attached hydrogens (primary N) is 1. The Labute approximate surface area is 363 Å². The number of halogens is 2. The normalized spacial score (nSPS) is 11.6. The molecule has 0 bridgehead atoms. The highest BCUT2D eigenvalue weighted by Crippen LogP contribution is 2.32. The zero-order chi connectivity index (χ0) is 45.0. The number of carboxylic acids is 1. The first-order valence-electron chi connectivity index (χ1n) is 19.3. The van der Waals surface area contributed by atoms with Crippen molar-refractivity contribution in [3.63, 3.8) is 0 Å². The Morgan fingerprint density at radius 3 is 1.44 bits per heavy atom. The first-order chi connectivity index (χ1) is 27.5. The molecule has 0 aliphatic carbocycles. The van der Waals surface area contributed by atoms with E-state index in [4.69, 9.17) is 5.73 Å². The van der Waals surface area contributed by atoms with E-state index in [-0.39, 0.29) is 53.0 Å². The van der Waals surface area contributed by atoms with Crippen LogP contribution >= 0.6 is 31.9 Å². The smallest absolute Gasteiger partial charge is 0.336 e. The summed E-state index contributed by atoms with van der Waals surface area (Å²) in [6.45, 7) is 22.4. The monoisotopic (exact) mass is 940 g/mol. The Bertz CT molecular complexity index is 2300. The van der Waals surface area contributed by atoms with E-state index in [0.29, 0.717) is 49.1 Å². The van der Waals surface area contributed by atoms with E-state index in [1.54, 1.807) is 34.9 Å². The minimum absolute atomic E-state index is 0.00479. The zero-order valence-corrected chi connectivity index (χ0v) is 39.2. The standard InChI is InChI=1S/C22H28BrN3O3.C14H18BrNO3.C8H12N2O/c1-7-14(4)26(16(6)27)20-10-17(23)9-18(15(20)5)21(28)24-11-19-12(2)8-13(3)25-22(19)29;1-5-8(2)16(10(4)17)13-7-11(15)6-12(9(13)3)14(18)19;1-5-3-6(2)10-8(11)7(5)4-9/h8-10,14H,7,11H2,1-6H3,(H,24,28)(H,25,29);6-8H,5H2,1-4H3,(H,18,19);3H,4,9H2,1-2H3,(H,10,11). The van der Waals surface area contributed by atoms with Gasteiger partial charge in [0.05, 0.1) is 5.56 Å². The van der Waals surface area contributed by atoms with Crippen LogP contribution in [0.15, 0.2) is 54.9 Å². The highest BCUT2D eigenvalue weighted by molar-refractivity contribution is 9.10. The van der Waals surface area contributed by atoms with Gasteiger partial charge < -0.3 is 35.9 Å². The van der Waals surface area contributed by atoms with E-state index < -0.39 is 5.97 Å². The molecule has 2 unspecified atom stereocenters. The van der Waals surface area contributed by atoms with Crippen molar-refractivity contribution in [2.45, 2.75) is 121 Å². The molecule has 0 aliphatic heterocycles. The molecule has 3 amide bonds. The zero-order valence-electron chi connectivity index (χ0n) is 36.1. The highest BCUT2D eigenvalue weighted by Gasteiger charge is 2.24. The van der Waals surface area contributed by atoms with Crippen LogP contribution in [-0.2, 0) is 22.7 Å². The molecule has 320 valence electrons. The van der Waals surface area contributed by atoms with Crippen LogP contribution < -0.4 is 32.0 Å². The van der Waals surface area contributed by atoms with E-state index in [1.165, 1.54) is 13.8 Å². The van der Waals surface area contributed by atoms with Gasteiger partial charge in [-0.15, -0.1) is 0 Å². The van der Waals surface area contributed by atoms with Crippen molar-refractivity contribution in [1.29, 1.82) is 0 Å². The molecule has 15 heteroatoms. The van der Waals surface area contributed by atoms with E-state index in [1.807, 2.05) is 80.5 Å². The average Bonchev–Trinajstić information content (AvgIpc) is 3.13. The van der Waals surface area contributed by atoms with Gasteiger partial charge in [-0.05, 0) is 127 Å². The predicted molar refractivity (Wildman–Crippen MR) is 243 cm³/mol. The van der Waals surface area contributed by atoms with Crippen molar-refractivity contribution in [2.75, 3.05) is 9.80 Å². The predicted octanol–water partition coefficient (Wildman–Crippen LogP) is 8.20. The number of hydrogen-bond donors (Lipinski definition) is 5. The number of aromatic amines is 2. The fourth-order valence-electron chi connectivity index (χ4n) is 6.59. The maximum atomic E-state index is 12.9. The van der Waals surface area contributed by atoms with Gasteiger partial charge in [-0.1, -0.05) is 45.7 Å². The van der Waals surface area contributed by atoms with Gasteiger partial charge in [0.2, 0.25) is 11.8 Å². The molecule has 59 heavy (non-hydrogen) atoms. The lowest BCUT2D eigenvalue weighted by Crippen LogP contribution is -2.37. The third-order valence-corrected chi connectivity index (χ3v) is 11.0. The number of H-pyrrole nitrogens is 2. The number of aromatic nitrogens is 2. The summed E-state index contributed by atoms with van der Waals surface area (Å²) >= 11 is 6.76. The molecule has 2 aromatic heterocycles. The van der Waals surface area contributed by atoms with Gasteiger partial charge in [-0.25, -0.2) is 4.79 Å². The highest BCUT2D eigenvalue weighted by atomic mass is 79.9. The Morgan fingerprint density at radius 2 is 1.08 bits per heavy atom. The van der Waals surface area contributed by atoms with Crippen LogP contribution in [0.25, 0.3) is 0 Å². The molecule has 4 rings (SSSR count). The number of nitrogens with zero attached hydrogens (tertiary/aromatic N) is 2. The Morgan fingerprint density at radius 1 is 0.695 bits per heavy atom. The molecule has 13 nitrogen and oxygen atoms in total. The number of hydrogen-bond acceptors (Lipinski definition) is 7. The minimum atomic E-state index is -0.993. The Hall–Kier alpha value is -4.86. The van der Waals surface area contributed by atoms with Gasteiger partial charge in [0.15, 0.2) is 0 Å². The third kappa shape index (κ3) is 13.3. The van der Waals surface area contributed by atoms with Crippen molar-refractivity contribution >= 4 is 66.9 Å². The first kappa shape index (κ1) is 50.3. The van der Waals surface area contributed by atoms with Crippen molar-refractivity contribution in [3.8, 4) is 0 Å². The molecular weight excluding hydrogens is 884 g/mol. The summed E-state index contributed by atoms with van der Waals surface area (Å²) < 4.78 is 1.36. The molecule has 0 aliphatic rings. The topological polar surface area (TPSA) is 199 Å². The number of rotatable bonds is 11. The van der Waals surface area contributed by atoms with Crippen LogP contribution in [0.2, 0.25) is 0 Å². The van der Waals surface area contributed by atoms with Crippen molar-refractivity contribution in [3.05, 3.63) is 122 Å². The summed E-state index contributed by atoms with van der Waals surface area (Å²) in [6, 6.07) is 10.7. The number of aryl methyl sites for hydroxylation is 4. The molecule has 0 spiro atoms. The van der Waals surface area contributed by atoms with E-state index in [2.05, 4.69) is 47.1 Å². The number of carbonyl (C=O) groups is 4. The van der Waals surface area contributed by atoms with Gasteiger partial charge >= 0.3 is 5.97 Å². The lowest BCUT2D eigenvalue weighted by Gasteiger charge is -2.30. The minimum Gasteiger partial charge on any atom is -0.478 e. The fourth-order valence-corrected chi connectivity index (χ4v) is 7.48. The summed E-state index contributed by atoms with van der Waals surface area (Å²) in [4.78, 5) is 80.4. The molecule has 0 saturated carbocycles. The summed E-state index contributed by atoms with van der Waals surface area (Å²) in [5.41, 5.74) is 13.1. The lowest BCUT2D eigenvalue weighted by atomic mass is 10.0. The average molecular weight is 943 g/mol. The van der Waals surface area contributed by atoms with Crippen LogP contribution in [0.1, 0.15) is 120 Å². The summed E-state index contributed by atoms with van der Waals surface area (Å²) in [5, 5.41) is 12.0. The third-order valence-electron chi connectivity index (χ3n) is 10.0. The van der Waals surface area contributed by atoms with Crippen LogP contribution in [-0.4, -0.2) is 50.8 Å². The number of carboxylic acid groups (broad SMARTS) is 1. The SMILES string of the molecule is CCC(C)N(C(C)=O)c1cc(Br)cc(C(=O)NCc2c(C)cc(C)[nH]c2=O)c1C.CCC(C)N(C(C)=O)c1cc(Br)cc(C(=O)O)c1C.Cc1cc(C)c(CN)c(=O)[nH]1. The summed E-state index contributed by atoms with van der Waals surface area (Å²) in [6.07, 6.45) is 1.59. The van der Waals surface area contributed by atoms with E-state index >= 15 is 0 Å². The number of carbonyl (C=O) groups excluding carboxylic acids is 3. The van der Waals surface area contributed by atoms with Crippen LogP contribution in [0.4, 0.5) is 11.4 Å². The number of pyridine rings is 2. The van der Waals surface area contributed by atoms with Crippen LogP contribution in [0.5, 0.6) is 0 Å². The number of amides is 3. The second kappa shape index (κ2) is 22.5. The molecule has 6 N–H and O–H groups in total. The molecule has 2 aromatic carbocycles. The van der Waals surface area contributed by atoms with Crippen molar-refractivity contribution in [2.24, 2.45) is 5.73 Å². The first-order valence-corrected chi connectivity index (χ1v) is 20.9. The second-order valence-electron chi connectivity index (χ2n) is 14.6. The summed E-state index contributed by atoms with van der Waals surface area (Å²) in [5.74, 6) is -1.45. The van der Waals surface area contributed by atoms with Gasteiger partial charge in [0, 0.05) is 87.4 Å². The maximum Gasteiger partial charge on any atom is 0.336 e. The van der Waals surface area contributed by atoms with Gasteiger partial charge in [0.1, 0.15) is 0 Å². The van der Waals surface area contributed by atoms with E-state index in [9.17, 15) is 33.9 Å².